The largest absolute Gasteiger partial charge is 0.826 e. The van der Waals surface area contributed by atoms with Gasteiger partial charge in [-0.2, -0.15) is 8.15 Å². The van der Waals surface area contributed by atoms with Crippen molar-refractivity contribution < 1.29 is 4.89 Å². The van der Waals surface area contributed by atoms with Gasteiger partial charge in [0.2, 0.25) is 0 Å². The number of hydrogen-bond donors (Lipinski definition) is 0. The molecule has 0 heterocycles. The van der Waals surface area contributed by atoms with Gasteiger partial charge in [0.15, 0.2) is 0 Å². The van der Waals surface area contributed by atoms with Crippen LogP contribution in [0.4, 0.5) is 0 Å². The van der Waals surface area contributed by atoms with Crippen molar-refractivity contribution in [2.24, 2.45) is 0 Å². The van der Waals surface area contributed by atoms with Gasteiger partial charge in [0, 0.05) is 0 Å². The Morgan fingerprint density at radius 2 is 1.90 bits per heavy atom. The lowest BCUT2D eigenvalue weighted by molar-refractivity contribution is -0.156. The molecule has 0 saturated heterocycles. The normalized spacial score (nSPS) is 13.0. The lowest BCUT2D eigenvalue weighted by Gasteiger charge is -2.21. The van der Waals surface area contributed by atoms with Gasteiger partial charge >= 0.3 is 0 Å². The van der Waals surface area contributed by atoms with Crippen LogP contribution in [0.3, 0.4) is 0 Å². The molecular weight excluding hydrogens is 143 g/mol. The highest BCUT2D eigenvalue weighted by atomic mass is 31.1. The molecule has 0 radical (unpaired) electrons. The Balaban J connectivity index is 2.75. The minimum Gasteiger partial charge on any atom is -0.826 e. The molecule has 1 unspecified atom stereocenters. The van der Waals surface area contributed by atoms with E-state index in [0.717, 1.165) is 11.5 Å². The van der Waals surface area contributed by atoms with E-state index in [-0.39, 0.29) is 0 Å². The van der Waals surface area contributed by atoms with Gasteiger partial charge in [-0.05, 0) is 11.5 Å². The fourth-order valence-electron chi connectivity index (χ4n) is 0.777. The van der Waals surface area contributed by atoms with Gasteiger partial charge in [0.25, 0.3) is 0 Å². The topological polar surface area (TPSA) is 23.1 Å². The van der Waals surface area contributed by atoms with Crippen LogP contribution in [0.2, 0.25) is 0 Å². The molecule has 1 nitrogen and oxygen atoms in total. The van der Waals surface area contributed by atoms with Crippen LogP contribution in [0.25, 0.3) is 0 Å². The summed E-state index contributed by atoms with van der Waals surface area (Å²) in [5, 5.41) is 0.958. The fourth-order valence-corrected chi connectivity index (χ4v) is 1.65. The van der Waals surface area contributed by atoms with E-state index in [0.29, 0.717) is 0 Å². The van der Waals surface area contributed by atoms with E-state index in [9.17, 15) is 4.89 Å². The van der Waals surface area contributed by atoms with Crippen LogP contribution in [0.5, 0.6) is 0 Å². The second-order valence-electron chi connectivity index (χ2n) is 2.03. The summed E-state index contributed by atoms with van der Waals surface area (Å²) in [6, 6.07) is 9.57. The summed E-state index contributed by atoms with van der Waals surface area (Å²) in [6.07, 6.45) is 0.735. The molecule has 0 aliphatic carbocycles. The van der Waals surface area contributed by atoms with Crippen molar-refractivity contribution in [3.8, 4) is 0 Å². The van der Waals surface area contributed by atoms with Crippen molar-refractivity contribution in [3.63, 3.8) is 0 Å². The van der Waals surface area contributed by atoms with Crippen LogP contribution in [0.15, 0.2) is 30.3 Å². The SMILES string of the molecule is CCP([O-])c1ccccc1. The maximum Gasteiger partial charge on any atom is -0.0399 e. The van der Waals surface area contributed by atoms with Crippen molar-refractivity contribution in [2.75, 3.05) is 6.16 Å². The number of rotatable bonds is 2. The Hall–Kier alpha value is -0.390. The summed E-state index contributed by atoms with van der Waals surface area (Å²) >= 11 is 0. The minimum absolute atomic E-state index is 0.735. The second kappa shape index (κ2) is 3.70. The van der Waals surface area contributed by atoms with E-state index in [1.54, 1.807) is 0 Å². The third kappa shape index (κ3) is 1.80. The average Bonchev–Trinajstić information content (AvgIpc) is 2.05. The van der Waals surface area contributed by atoms with Crippen LogP contribution < -0.4 is 10.2 Å². The summed E-state index contributed by atoms with van der Waals surface area (Å²) in [5.41, 5.74) is 0. The summed E-state index contributed by atoms with van der Waals surface area (Å²) in [5.74, 6) is 0. The Labute approximate surface area is 62.5 Å². The van der Waals surface area contributed by atoms with Crippen LogP contribution in [-0.4, -0.2) is 6.16 Å². The number of hydrogen-bond acceptors (Lipinski definition) is 1. The van der Waals surface area contributed by atoms with Crippen molar-refractivity contribution >= 4 is 13.5 Å². The van der Waals surface area contributed by atoms with Crippen LogP contribution >= 0.6 is 8.15 Å². The van der Waals surface area contributed by atoms with E-state index in [2.05, 4.69) is 0 Å². The van der Waals surface area contributed by atoms with Gasteiger partial charge in [-0.1, -0.05) is 37.3 Å². The molecule has 0 fully saturated rings. The van der Waals surface area contributed by atoms with Crippen LogP contribution in [-0.2, 0) is 0 Å². The Morgan fingerprint density at radius 1 is 1.30 bits per heavy atom. The van der Waals surface area contributed by atoms with Gasteiger partial charge in [0.05, 0.1) is 0 Å². The Bertz CT molecular complexity index is 186. The highest BCUT2D eigenvalue weighted by molar-refractivity contribution is 7.58. The molecular formula is C8H10OP-. The Kier molecular flexibility index (Phi) is 2.85. The highest BCUT2D eigenvalue weighted by Gasteiger charge is 1.90. The third-order valence-corrected chi connectivity index (χ3v) is 2.78. The lowest BCUT2D eigenvalue weighted by atomic mass is 10.4. The zero-order valence-corrected chi connectivity index (χ0v) is 6.84. The predicted octanol–water partition coefficient (Wildman–Crippen LogP) is 1.09. The van der Waals surface area contributed by atoms with Crippen molar-refractivity contribution in [2.45, 2.75) is 6.92 Å². The van der Waals surface area contributed by atoms with Crippen LogP contribution in [0.1, 0.15) is 6.92 Å². The Morgan fingerprint density at radius 3 is 2.40 bits per heavy atom. The van der Waals surface area contributed by atoms with Gasteiger partial charge in [-0.15, -0.1) is 0 Å². The third-order valence-electron chi connectivity index (χ3n) is 1.33. The smallest absolute Gasteiger partial charge is 0.0399 e. The highest BCUT2D eigenvalue weighted by Crippen LogP contribution is 2.21. The minimum atomic E-state index is -1.12. The molecule has 0 aliphatic heterocycles. The van der Waals surface area contributed by atoms with E-state index in [4.69, 9.17) is 0 Å². The quantitative estimate of drug-likeness (QED) is 0.583. The van der Waals surface area contributed by atoms with E-state index >= 15 is 0 Å². The molecule has 1 aromatic carbocycles. The van der Waals surface area contributed by atoms with Gasteiger partial charge in [0.1, 0.15) is 0 Å². The molecule has 0 aliphatic rings. The molecule has 54 valence electrons. The van der Waals surface area contributed by atoms with Crippen molar-refractivity contribution in [1.29, 1.82) is 0 Å². The first-order valence-corrected chi connectivity index (χ1v) is 4.79. The van der Waals surface area contributed by atoms with Gasteiger partial charge in [-0.25, -0.2) is 0 Å². The monoisotopic (exact) mass is 153 g/mol. The maximum atomic E-state index is 11.2. The molecule has 10 heavy (non-hydrogen) atoms. The van der Waals surface area contributed by atoms with Crippen molar-refractivity contribution in [3.05, 3.63) is 30.3 Å². The zero-order valence-electron chi connectivity index (χ0n) is 5.95. The fraction of sp³-hybridized carbons (Fsp3) is 0.250. The van der Waals surface area contributed by atoms with Gasteiger partial charge in [-0.3, -0.25) is 0 Å². The summed E-state index contributed by atoms with van der Waals surface area (Å²) < 4.78 is 0. The molecule has 1 atom stereocenters. The summed E-state index contributed by atoms with van der Waals surface area (Å²) in [6.45, 7) is 1.94. The zero-order chi connectivity index (χ0) is 7.40. The first-order chi connectivity index (χ1) is 4.84. The van der Waals surface area contributed by atoms with E-state index < -0.39 is 8.15 Å². The molecule has 0 saturated carbocycles. The average molecular weight is 153 g/mol. The standard InChI is InChI=1S/C8H10OP/c1-2-10(9)8-6-4-3-5-7-8/h3-7H,2H2,1H3/q-1. The molecule has 0 bridgehead atoms. The predicted molar refractivity (Wildman–Crippen MR) is 43.5 cm³/mol. The molecule has 0 aromatic heterocycles. The molecule has 2 heteroatoms. The van der Waals surface area contributed by atoms with Gasteiger partial charge < -0.3 is 4.89 Å². The lowest BCUT2D eigenvalue weighted by Crippen LogP contribution is -2.10. The van der Waals surface area contributed by atoms with E-state index in [1.807, 2.05) is 37.3 Å². The first-order valence-electron chi connectivity index (χ1n) is 3.34. The van der Waals surface area contributed by atoms with Crippen LogP contribution in [0, 0.1) is 0 Å². The second-order valence-corrected chi connectivity index (χ2v) is 3.94. The molecule has 1 aromatic rings. The van der Waals surface area contributed by atoms with Crippen molar-refractivity contribution in [1.82, 2.24) is 0 Å². The number of benzene rings is 1. The van der Waals surface area contributed by atoms with E-state index in [1.165, 1.54) is 0 Å². The summed E-state index contributed by atoms with van der Waals surface area (Å²) in [7, 11) is -1.12. The molecule has 1 rings (SSSR count). The molecule has 0 spiro atoms. The summed E-state index contributed by atoms with van der Waals surface area (Å²) in [4.78, 5) is 11.2. The first kappa shape index (κ1) is 7.71. The molecule has 0 amide bonds. The molecule has 0 N–H and O–H groups in total. The maximum absolute atomic E-state index is 11.2.